The molecule has 2 atom stereocenters. The van der Waals surface area contributed by atoms with Crippen molar-refractivity contribution >= 4 is 0 Å². The summed E-state index contributed by atoms with van der Waals surface area (Å²) in [7, 11) is 1.73. The second-order valence-electron chi connectivity index (χ2n) is 7.68. The van der Waals surface area contributed by atoms with E-state index >= 15 is 0 Å². The molecule has 2 nitrogen and oxygen atoms in total. The van der Waals surface area contributed by atoms with Crippen molar-refractivity contribution < 1.29 is 4.74 Å². The Morgan fingerprint density at radius 1 is 1.00 bits per heavy atom. The van der Waals surface area contributed by atoms with Crippen molar-refractivity contribution in [2.75, 3.05) is 7.11 Å². The first-order valence-electron chi connectivity index (χ1n) is 10.1. The third kappa shape index (κ3) is 3.80. The highest BCUT2D eigenvalue weighted by Crippen LogP contribution is 2.38. The SMILES string of the molecule is COc1ccc(C[C@@H]2C3=C(C=CN2[C@H](C)c2ccccc2)CCCC3)cc1. The van der Waals surface area contributed by atoms with Gasteiger partial charge in [0.05, 0.1) is 19.2 Å². The van der Waals surface area contributed by atoms with Gasteiger partial charge in [0.25, 0.3) is 0 Å². The molecule has 0 amide bonds. The van der Waals surface area contributed by atoms with Crippen LogP contribution >= 0.6 is 0 Å². The maximum Gasteiger partial charge on any atom is 0.118 e. The summed E-state index contributed by atoms with van der Waals surface area (Å²) in [5, 5.41) is 0. The summed E-state index contributed by atoms with van der Waals surface area (Å²) >= 11 is 0. The minimum Gasteiger partial charge on any atom is -0.497 e. The third-order valence-electron chi connectivity index (χ3n) is 6.08. The number of rotatable bonds is 5. The summed E-state index contributed by atoms with van der Waals surface area (Å²) in [6.45, 7) is 2.33. The molecule has 0 N–H and O–H groups in total. The van der Waals surface area contributed by atoms with Gasteiger partial charge in [-0.3, -0.25) is 0 Å². The Kier molecular flexibility index (Phi) is 5.33. The zero-order valence-corrected chi connectivity index (χ0v) is 16.4. The van der Waals surface area contributed by atoms with Crippen molar-refractivity contribution in [2.24, 2.45) is 0 Å². The summed E-state index contributed by atoms with van der Waals surface area (Å²) in [6, 6.07) is 20.3. The van der Waals surface area contributed by atoms with Crippen molar-refractivity contribution in [2.45, 2.75) is 51.1 Å². The number of benzene rings is 2. The van der Waals surface area contributed by atoms with E-state index < -0.39 is 0 Å². The van der Waals surface area contributed by atoms with Gasteiger partial charge in [-0.05, 0) is 79.5 Å². The van der Waals surface area contributed by atoms with E-state index in [1.807, 2.05) is 0 Å². The van der Waals surface area contributed by atoms with Crippen LogP contribution in [0.15, 0.2) is 78.0 Å². The van der Waals surface area contributed by atoms with Crippen LogP contribution in [0.1, 0.15) is 49.8 Å². The molecule has 1 heterocycles. The van der Waals surface area contributed by atoms with Crippen LogP contribution in [0.2, 0.25) is 0 Å². The molecular weight excluding hydrogens is 330 g/mol. The van der Waals surface area contributed by atoms with E-state index in [-0.39, 0.29) is 0 Å². The average molecular weight is 360 g/mol. The average Bonchev–Trinajstić information content (AvgIpc) is 2.74. The van der Waals surface area contributed by atoms with Gasteiger partial charge in [0, 0.05) is 6.20 Å². The van der Waals surface area contributed by atoms with Crippen molar-refractivity contribution in [3.8, 4) is 5.75 Å². The highest BCUT2D eigenvalue weighted by molar-refractivity contribution is 5.38. The first-order chi connectivity index (χ1) is 13.3. The highest BCUT2D eigenvalue weighted by Gasteiger charge is 2.30. The minimum atomic E-state index is 0.363. The van der Waals surface area contributed by atoms with Crippen molar-refractivity contribution in [3.63, 3.8) is 0 Å². The van der Waals surface area contributed by atoms with Gasteiger partial charge >= 0.3 is 0 Å². The first-order valence-corrected chi connectivity index (χ1v) is 10.1. The Balaban J connectivity index is 1.64. The number of ether oxygens (including phenoxy) is 1. The van der Waals surface area contributed by atoms with E-state index in [0.717, 1.165) is 12.2 Å². The molecule has 0 aromatic heterocycles. The molecule has 2 aromatic carbocycles. The Labute approximate surface area is 163 Å². The largest absolute Gasteiger partial charge is 0.497 e. The van der Waals surface area contributed by atoms with Crippen molar-refractivity contribution in [1.82, 2.24) is 4.90 Å². The summed E-state index contributed by atoms with van der Waals surface area (Å²) in [5.74, 6) is 0.925. The van der Waals surface area contributed by atoms with E-state index in [9.17, 15) is 0 Å². The predicted molar refractivity (Wildman–Crippen MR) is 112 cm³/mol. The second-order valence-corrected chi connectivity index (χ2v) is 7.68. The number of methoxy groups -OCH3 is 1. The highest BCUT2D eigenvalue weighted by atomic mass is 16.5. The van der Waals surface area contributed by atoms with Crippen LogP contribution < -0.4 is 4.74 Å². The normalized spacial score (nSPS) is 20.4. The van der Waals surface area contributed by atoms with E-state index in [1.54, 1.807) is 18.3 Å². The molecule has 0 unspecified atom stereocenters. The lowest BCUT2D eigenvalue weighted by atomic mass is 9.81. The summed E-state index contributed by atoms with van der Waals surface area (Å²) in [5.41, 5.74) is 5.99. The van der Waals surface area contributed by atoms with Gasteiger partial charge in [-0.25, -0.2) is 0 Å². The zero-order chi connectivity index (χ0) is 18.6. The van der Waals surface area contributed by atoms with Gasteiger partial charge in [0.15, 0.2) is 0 Å². The van der Waals surface area contributed by atoms with Gasteiger partial charge in [-0.15, -0.1) is 0 Å². The zero-order valence-electron chi connectivity index (χ0n) is 16.4. The molecule has 4 rings (SSSR count). The fourth-order valence-corrected chi connectivity index (χ4v) is 4.50. The second kappa shape index (κ2) is 8.04. The van der Waals surface area contributed by atoms with Gasteiger partial charge in [0.2, 0.25) is 0 Å². The smallest absolute Gasteiger partial charge is 0.118 e. The van der Waals surface area contributed by atoms with Crippen LogP contribution in [-0.4, -0.2) is 18.1 Å². The van der Waals surface area contributed by atoms with E-state index in [0.29, 0.717) is 12.1 Å². The van der Waals surface area contributed by atoms with Gasteiger partial charge in [-0.2, -0.15) is 0 Å². The molecule has 1 aliphatic heterocycles. The number of hydrogen-bond acceptors (Lipinski definition) is 2. The van der Waals surface area contributed by atoms with Crippen molar-refractivity contribution in [3.05, 3.63) is 89.1 Å². The molecule has 140 valence electrons. The van der Waals surface area contributed by atoms with E-state index in [1.165, 1.54) is 36.8 Å². The molecule has 27 heavy (non-hydrogen) atoms. The molecule has 0 saturated carbocycles. The molecule has 0 bridgehead atoms. The molecule has 0 spiro atoms. The van der Waals surface area contributed by atoms with Crippen LogP contribution in [0.25, 0.3) is 0 Å². The van der Waals surface area contributed by atoms with Gasteiger partial charge in [-0.1, -0.05) is 42.5 Å². The van der Waals surface area contributed by atoms with Crippen LogP contribution in [0, 0.1) is 0 Å². The predicted octanol–water partition coefficient (Wildman–Crippen LogP) is 6.07. The van der Waals surface area contributed by atoms with Crippen LogP contribution in [-0.2, 0) is 6.42 Å². The molecule has 0 saturated heterocycles. The van der Waals surface area contributed by atoms with Gasteiger partial charge in [0.1, 0.15) is 5.75 Å². The molecular formula is C25H29NO. The van der Waals surface area contributed by atoms with Crippen LogP contribution in [0.5, 0.6) is 5.75 Å². The maximum atomic E-state index is 5.33. The number of hydrogen-bond donors (Lipinski definition) is 0. The number of allylic oxidation sites excluding steroid dienone is 2. The fraction of sp³-hybridized carbons (Fsp3) is 0.360. The summed E-state index contributed by atoms with van der Waals surface area (Å²) < 4.78 is 5.33. The topological polar surface area (TPSA) is 12.5 Å². The summed E-state index contributed by atoms with van der Waals surface area (Å²) in [4.78, 5) is 2.57. The van der Waals surface area contributed by atoms with E-state index in [2.05, 4.69) is 78.7 Å². The first kappa shape index (κ1) is 17.9. The lowest BCUT2D eigenvalue weighted by Gasteiger charge is -2.42. The molecule has 2 aromatic rings. The Morgan fingerprint density at radius 3 is 2.48 bits per heavy atom. The Hall–Kier alpha value is -2.48. The monoisotopic (exact) mass is 359 g/mol. The fourth-order valence-electron chi connectivity index (χ4n) is 4.50. The number of nitrogens with zero attached hydrogens (tertiary/aromatic N) is 1. The maximum absolute atomic E-state index is 5.33. The molecule has 0 fully saturated rings. The molecule has 1 aliphatic carbocycles. The minimum absolute atomic E-state index is 0.363. The van der Waals surface area contributed by atoms with Gasteiger partial charge < -0.3 is 9.64 Å². The molecule has 2 heteroatoms. The molecule has 2 aliphatic rings. The summed E-state index contributed by atoms with van der Waals surface area (Å²) in [6.07, 6.45) is 10.9. The lowest BCUT2D eigenvalue weighted by molar-refractivity contribution is 0.228. The quantitative estimate of drug-likeness (QED) is 0.642. The van der Waals surface area contributed by atoms with Crippen LogP contribution in [0.3, 0.4) is 0 Å². The van der Waals surface area contributed by atoms with Crippen LogP contribution in [0.4, 0.5) is 0 Å². The Bertz CT molecular complexity index is 819. The Morgan fingerprint density at radius 2 is 1.74 bits per heavy atom. The standard InChI is InChI=1S/C25H29NO/c1-19(21-8-4-3-5-9-21)26-17-16-22-10-6-7-11-24(22)25(26)18-20-12-14-23(27-2)15-13-20/h3-5,8-9,12-17,19,25H,6-7,10-11,18H2,1-2H3/t19-,25-/m1/s1. The van der Waals surface area contributed by atoms with Crippen molar-refractivity contribution in [1.29, 1.82) is 0 Å². The molecule has 0 radical (unpaired) electrons. The van der Waals surface area contributed by atoms with E-state index in [4.69, 9.17) is 4.74 Å². The third-order valence-corrected chi connectivity index (χ3v) is 6.08. The lowest BCUT2D eigenvalue weighted by Crippen LogP contribution is -2.39.